The third-order valence-electron chi connectivity index (χ3n) is 3.69. The molecule has 0 saturated carbocycles. The number of benzene rings is 1. The highest BCUT2D eigenvalue weighted by atomic mass is 127. The monoisotopic (exact) mass is 516 g/mol. The molecule has 1 aliphatic heterocycles. The molecule has 1 aromatic carbocycles. The first-order chi connectivity index (χ1) is 12.0. The van der Waals surface area contributed by atoms with E-state index in [2.05, 4.69) is 15.6 Å². The lowest BCUT2D eigenvalue weighted by molar-refractivity contribution is 0.443. The van der Waals surface area contributed by atoms with Crippen LogP contribution in [0, 0.1) is 5.82 Å². The van der Waals surface area contributed by atoms with E-state index in [0.29, 0.717) is 38.7 Å². The van der Waals surface area contributed by atoms with Gasteiger partial charge in [0, 0.05) is 37.7 Å². The number of sulfonamides is 1. The first kappa shape index (κ1) is 23.4. The van der Waals surface area contributed by atoms with Gasteiger partial charge < -0.3 is 10.6 Å². The number of guanidine groups is 1. The summed E-state index contributed by atoms with van der Waals surface area (Å²) in [6.07, 6.45) is 0. The maximum absolute atomic E-state index is 12.9. The summed E-state index contributed by atoms with van der Waals surface area (Å²) in [5.74, 6) is 2.02. The molecule has 1 fully saturated rings. The van der Waals surface area contributed by atoms with Crippen LogP contribution in [0.25, 0.3) is 0 Å². The largest absolute Gasteiger partial charge is 0.357 e. The van der Waals surface area contributed by atoms with Gasteiger partial charge in [0.1, 0.15) is 5.82 Å². The lowest BCUT2D eigenvalue weighted by atomic mass is 10.2. The van der Waals surface area contributed by atoms with Crippen molar-refractivity contribution < 1.29 is 12.8 Å². The van der Waals surface area contributed by atoms with Crippen LogP contribution < -0.4 is 10.6 Å². The van der Waals surface area contributed by atoms with Crippen LogP contribution in [0.2, 0.25) is 0 Å². The SMILES string of the molecule is CCNC(=NCc1ccc(F)cc1)NCCS(=O)(=O)N1CCSCC1.I. The number of nitrogens with zero attached hydrogens (tertiary/aromatic N) is 2. The fourth-order valence-electron chi connectivity index (χ4n) is 2.35. The highest BCUT2D eigenvalue weighted by molar-refractivity contribution is 14.0. The highest BCUT2D eigenvalue weighted by Crippen LogP contribution is 2.13. The summed E-state index contributed by atoms with van der Waals surface area (Å²) in [6, 6.07) is 6.16. The van der Waals surface area contributed by atoms with Crippen LogP contribution in [0.15, 0.2) is 29.3 Å². The quantitative estimate of drug-likeness (QED) is 0.329. The molecule has 2 rings (SSSR count). The molecule has 148 valence electrons. The minimum Gasteiger partial charge on any atom is -0.357 e. The summed E-state index contributed by atoms with van der Waals surface area (Å²) < 4.78 is 39.1. The van der Waals surface area contributed by atoms with Gasteiger partial charge in [0.15, 0.2) is 5.96 Å². The number of rotatable bonds is 7. The van der Waals surface area contributed by atoms with E-state index in [-0.39, 0.29) is 35.5 Å². The van der Waals surface area contributed by atoms with Gasteiger partial charge in [-0.1, -0.05) is 12.1 Å². The molecular formula is C16H26FIN4O2S2. The summed E-state index contributed by atoms with van der Waals surface area (Å²) in [5.41, 5.74) is 0.886. The van der Waals surface area contributed by atoms with Gasteiger partial charge >= 0.3 is 0 Å². The Kier molecular flexibility index (Phi) is 10.8. The summed E-state index contributed by atoms with van der Waals surface area (Å²) in [6.45, 7) is 4.48. The Morgan fingerprint density at radius 3 is 2.50 bits per heavy atom. The molecule has 0 unspecified atom stereocenters. The Labute approximate surface area is 176 Å². The number of aliphatic imine (C=N–C) groups is 1. The number of thioether (sulfide) groups is 1. The minimum absolute atomic E-state index is 0. The van der Waals surface area contributed by atoms with Gasteiger partial charge in [0.25, 0.3) is 0 Å². The zero-order valence-corrected chi connectivity index (χ0v) is 18.7. The van der Waals surface area contributed by atoms with Gasteiger partial charge in [0.2, 0.25) is 10.0 Å². The zero-order chi connectivity index (χ0) is 18.1. The number of nitrogens with one attached hydrogen (secondary N) is 2. The second-order valence-corrected chi connectivity index (χ2v) is 8.89. The molecule has 0 aliphatic carbocycles. The van der Waals surface area contributed by atoms with Crippen molar-refractivity contribution in [1.82, 2.24) is 14.9 Å². The Morgan fingerprint density at radius 2 is 1.88 bits per heavy atom. The topological polar surface area (TPSA) is 73.8 Å². The van der Waals surface area contributed by atoms with Crippen molar-refractivity contribution in [3.05, 3.63) is 35.6 Å². The second-order valence-electron chi connectivity index (χ2n) is 5.58. The van der Waals surface area contributed by atoms with E-state index in [1.54, 1.807) is 28.2 Å². The second kappa shape index (κ2) is 12.0. The molecule has 2 N–H and O–H groups in total. The van der Waals surface area contributed by atoms with Crippen LogP contribution in [0.5, 0.6) is 0 Å². The van der Waals surface area contributed by atoms with Crippen LogP contribution in [-0.4, -0.2) is 62.1 Å². The predicted octanol–water partition coefficient (Wildman–Crippen LogP) is 1.88. The molecule has 0 spiro atoms. The molecule has 1 aliphatic rings. The van der Waals surface area contributed by atoms with E-state index in [1.807, 2.05) is 6.92 Å². The van der Waals surface area contributed by atoms with Crippen molar-refractivity contribution in [3.63, 3.8) is 0 Å². The lowest BCUT2D eigenvalue weighted by Gasteiger charge is -2.25. The van der Waals surface area contributed by atoms with Crippen LogP contribution in [0.3, 0.4) is 0 Å². The molecule has 0 amide bonds. The van der Waals surface area contributed by atoms with E-state index in [0.717, 1.165) is 17.1 Å². The Balaban J connectivity index is 0.00000338. The van der Waals surface area contributed by atoms with E-state index >= 15 is 0 Å². The molecule has 1 heterocycles. The van der Waals surface area contributed by atoms with Crippen LogP contribution in [0.1, 0.15) is 12.5 Å². The van der Waals surface area contributed by atoms with Crippen molar-refractivity contribution in [1.29, 1.82) is 0 Å². The minimum atomic E-state index is -3.23. The molecular weight excluding hydrogens is 490 g/mol. The average Bonchev–Trinajstić information content (AvgIpc) is 2.61. The molecule has 0 aromatic heterocycles. The predicted molar refractivity (Wildman–Crippen MR) is 117 cm³/mol. The van der Waals surface area contributed by atoms with Crippen LogP contribution in [-0.2, 0) is 16.6 Å². The van der Waals surface area contributed by atoms with Gasteiger partial charge in [-0.15, -0.1) is 24.0 Å². The first-order valence-corrected chi connectivity index (χ1v) is 11.1. The van der Waals surface area contributed by atoms with Crippen molar-refractivity contribution >= 4 is 51.7 Å². The summed E-state index contributed by atoms with van der Waals surface area (Å²) in [7, 11) is -3.23. The average molecular weight is 516 g/mol. The van der Waals surface area contributed by atoms with Crippen molar-refractivity contribution in [2.75, 3.05) is 43.4 Å². The van der Waals surface area contributed by atoms with Gasteiger partial charge in [0.05, 0.1) is 12.3 Å². The van der Waals surface area contributed by atoms with Crippen molar-refractivity contribution in [2.45, 2.75) is 13.5 Å². The number of halogens is 2. The van der Waals surface area contributed by atoms with Gasteiger partial charge in [-0.2, -0.15) is 11.8 Å². The molecule has 0 bridgehead atoms. The lowest BCUT2D eigenvalue weighted by Crippen LogP contribution is -2.44. The van der Waals surface area contributed by atoms with Crippen molar-refractivity contribution in [2.24, 2.45) is 4.99 Å². The van der Waals surface area contributed by atoms with Gasteiger partial charge in [-0.3, -0.25) is 0 Å². The fourth-order valence-corrected chi connectivity index (χ4v) is 4.85. The third kappa shape index (κ3) is 7.97. The summed E-state index contributed by atoms with van der Waals surface area (Å²) >= 11 is 1.78. The molecule has 0 radical (unpaired) electrons. The maximum atomic E-state index is 12.9. The van der Waals surface area contributed by atoms with E-state index in [1.165, 1.54) is 12.1 Å². The van der Waals surface area contributed by atoms with E-state index < -0.39 is 10.0 Å². The standard InChI is InChI=1S/C16H25FN4O2S2.HI/c1-2-18-16(20-13-14-3-5-15(17)6-4-14)19-7-12-25(22,23)21-8-10-24-11-9-21;/h3-6H,2,7-13H2,1H3,(H2,18,19,20);1H. The third-order valence-corrected chi connectivity index (χ3v) is 6.51. The van der Waals surface area contributed by atoms with E-state index in [9.17, 15) is 12.8 Å². The Bertz CT molecular complexity index is 665. The maximum Gasteiger partial charge on any atom is 0.215 e. The number of hydrogen-bond donors (Lipinski definition) is 2. The summed E-state index contributed by atoms with van der Waals surface area (Å²) in [4.78, 5) is 4.41. The van der Waals surface area contributed by atoms with Gasteiger partial charge in [-0.25, -0.2) is 22.1 Å². The number of hydrogen-bond acceptors (Lipinski definition) is 4. The molecule has 0 atom stereocenters. The zero-order valence-electron chi connectivity index (χ0n) is 14.8. The summed E-state index contributed by atoms with van der Waals surface area (Å²) in [5, 5.41) is 6.13. The molecule has 6 nitrogen and oxygen atoms in total. The van der Waals surface area contributed by atoms with Crippen molar-refractivity contribution in [3.8, 4) is 0 Å². The smallest absolute Gasteiger partial charge is 0.215 e. The fraction of sp³-hybridized carbons (Fsp3) is 0.562. The first-order valence-electron chi connectivity index (χ1n) is 8.33. The molecule has 26 heavy (non-hydrogen) atoms. The highest BCUT2D eigenvalue weighted by Gasteiger charge is 2.23. The van der Waals surface area contributed by atoms with Crippen LogP contribution in [0.4, 0.5) is 4.39 Å². The van der Waals surface area contributed by atoms with Crippen LogP contribution >= 0.6 is 35.7 Å². The Morgan fingerprint density at radius 1 is 1.23 bits per heavy atom. The van der Waals surface area contributed by atoms with Gasteiger partial charge in [-0.05, 0) is 24.6 Å². The normalized spacial score (nSPS) is 16.0. The van der Waals surface area contributed by atoms with E-state index in [4.69, 9.17) is 0 Å². The molecule has 1 aromatic rings. The molecule has 1 saturated heterocycles. The Hall–Kier alpha value is -0.590. The molecule has 10 heteroatoms.